The Morgan fingerprint density at radius 3 is 2.74 bits per heavy atom. The molecule has 5 heteroatoms. The van der Waals surface area contributed by atoms with Gasteiger partial charge >= 0.3 is 6.09 Å². The maximum atomic E-state index is 11.6. The first kappa shape index (κ1) is 13.7. The third-order valence-corrected chi connectivity index (χ3v) is 3.20. The van der Waals surface area contributed by atoms with Crippen molar-refractivity contribution in [2.75, 3.05) is 32.1 Å². The minimum Gasteiger partial charge on any atom is -0.445 e. The number of carbonyl (C=O) groups excluding carboxylic acids is 1. The molecule has 1 atom stereocenters. The number of ether oxygens (including phenoxy) is 1. The van der Waals surface area contributed by atoms with Gasteiger partial charge in [-0.25, -0.2) is 4.79 Å². The summed E-state index contributed by atoms with van der Waals surface area (Å²) in [7, 11) is 3.99. The Labute approximate surface area is 113 Å². The fraction of sp³-hybridized carbons (Fsp3) is 0.500. The molecule has 2 N–H and O–H groups in total. The van der Waals surface area contributed by atoms with Gasteiger partial charge in [-0.3, -0.25) is 0 Å². The van der Waals surface area contributed by atoms with Crippen molar-refractivity contribution >= 4 is 11.8 Å². The SMILES string of the molecule is CN(C)c1ccc(COC(=O)NC2CCNC2)cc1. The van der Waals surface area contributed by atoms with Gasteiger partial charge in [0.15, 0.2) is 0 Å². The number of nitrogens with zero attached hydrogens (tertiary/aromatic N) is 1. The standard InChI is InChI=1S/C14H21N3O2/c1-17(2)13-5-3-11(4-6-13)10-19-14(18)16-12-7-8-15-9-12/h3-6,12,15H,7-10H2,1-2H3,(H,16,18). The zero-order chi connectivity index (χ0) is 13.7. The lowest BCUT2D eigenvalue weighted by Crippen LogP contribution is -2.36. The quantitative estimate of drug-likeness (QED) is 0.861. The van der Waals surface area contributed by atoms with E-state index in [1.165, 1.54) is 0 Å². The number of anilines is 1. The second kappa shape index (κ2) is 6.43. The Balaban J connectivity index is 1.76. The van der Waals surface area contributed by atoms with Crippen molar-refractivity contribution in [1.82, 2.24) is 10.6 Å². The molecule has 1 aromatic carbocycles. The molecule has 1 aliphatic rings. The minimum absolute atomic E-state index is 0.198. The Kier molecular flexibility index (Phi) is 4.63. The molecule has 1 saturated heterocycles. The van der Waals surface area contributed by atoms with E-state index in [2.05, 4.69) is 10.6 Å². The van der Waals surface area contributed by atoms with E-state index in [-0.39, 0.29) is 12.1 Å². The molecule has 0 radical (unpaired) electrons. The highest BCUT2D eigenvalue weighted by molar-refractivity contribution is 5.67. The smallest absolute Gasteiger partial charge is 0.407 e. The molecule has 1 amide bonds. The summed E-state index contributed by atoms with van der Waals surface area (Å²) in [5.74, 6) is 0. The highest BCUT2D eigenvalue weighted by atomic mass is 16.5. The Morgan fingerprint density at radius 1 is 1.42 bits per heavy atom. The normalized spacial score (nSPS) is 18.1. The molecular formula is C14H21N3O2. The third kappa shape index (κ3) is 4.13. The van der Waals surface area contributed by atoms with Gasteiger partial charge in [0.2, 0.25) is 0 Å². The van der Waals surface area contributed by atoms with Crippen LogP contribution in [0.4, 0.5) is 10.5 Å². The number of hydrogen-bond donors (Lipinski definition) is 2. The summed E-state index contributed by atoms with van der Waals surface area (Å²) >= 11 is 0. The van der Waals surface area contributed by atoms with Crippen LogP contribution < -0.4 is 15.5 Å². The predicted molar refractivity (Wildman–Crippen MR) is 75.4 cm³/mol. The highest BCUT2D eigenvalue weighted by Gasteiger charge is 2.17. The molecule has 1 heterocycles. The molecule has 0 spiro atoms. The van der Waals surface area contributed by atoms with Crippen molar-refractivity contribution < 1.29 is 9.53 Å². The molecule has 0 bridgehead atoms. The first-order valence-electron chi connectivity index (χ1n) is 6.55. The van der Waals surface area contributed by atoms with Crippen molar-refractivity contribution in [2.45, 2.75) is 19.1 Å². The number of benzene rings is 1. The van der Waals surface area contributed by atoms with Crippen LogP contribution in [-0.4, -0.2) is 39.3 Å². The first-order chi connectivity index (χ1) is 9.15. The monoisotopic (exact) mass is 263 g/mol. The number of amides is 1. The van der Waals surface area contributed by atoms with Crippen LogP contribution in [0.3, 0.4) is 0 Å². The molecule has 19 heavy (non-hydrogen) atoms. The Bertz CT molecular complexity index is 411. The van der Waals surface area contributed by atoms with Crippen LogP contribution in [0.15, 0.2) is 24.3 Å². The van der Waals surface area contributed by atoms with E-state index < -0.39 is 0 Å². The molecule has 104 valence electrons. The second-order valence-electron chi connectivity index (χ2n) is 4.97. The number of carbonyl (C=O) groups is 1. The number of hydrogen-bond acceptors (Lipinski definition) is 4. The molecule has 1 aromatic rings. The van der Waals surface area contributed by atoms with Gasteiger partial charge in [0, 0.05) is 32.4 Å². The van der Waals surface area contributed by atoms with Crippen LogP contribution in [0.1, 0.15) is 12.0 Å². The second-order valence-corrected chi connectivity index (χ2v) is 4.97. The first-order valence-corrected chi connectivity index (χ1v) is 6.55. The zero-order valence-corrected chi connectivity index (χ0v) is 11.5. The van der Waals surface area contributed by atoms with Crippen LogP contribution in [0.25, 0.3) is 0 Å². The van der Waals surface area contributed by atoms with Crippen LogP contribution in [0.2, 0.25) is 0 Å². The van der Waals surface area contributed by atoms with Gasteiger partial charge in [0.1, 0.15) is 6.61 Å². The van der Waals surface area contributed by atoms with Crippen LogP contribution in [0.5, 0.6) is 0 Å². The number of alkyl carbamates (subject to hydrolysis) is 1. The predicted octanol–water partition coefficient (Wildman–Crippen LogP) is 1.34. The molecule has 1 unspecified atom stereocenters. The lowest BCUT2D eigenvalue weighted by atomic mass is 10.2. The van der Waals surface area contributed by atoms with Crippen LogP contribution in [0, 0.1) is 0 Å². The summed E-state index contributed by atoms with van der Waals surface area (Å²) in [5, 5.41) is 6.04. The zero-order valence-electron chi connectivity index (χ0n) is 11.5. The lowest BCUT2D eigenvalue weighted by molar-refractivity contribution is 0.136. The van der Waals surface area contributed by atoms with Crippen molar-refractivity contribution in [3.63, 3.8) is 0 Å². The number of rotatable bonds is 4. The molecule has 0 saturated carbocycles. The molecule has 5 nitrogen and oxygen atoms in total. The maximum Gasteiger partial charge on any atom is 0.407 e. The van der Waals surface area contributed by atoms with Gasteiger partial charge in [-0.05, 0) is 30.7 Å². The summed E-state index contributed by atoms with van der Waals surface area (Å²) in [5.41, 5.74) is 2.12. The highest BCUT2D eigenvalue weighted by Crippen LogP contribution is 2.12. The fourth-order valence-corrected chi connectivity index (χ4v) is 2.03. The molecule has 1 aliphatic heterocycles. The van der Waals surface area contributed by atoms with Crippen LogP contribution >= 0.6 is 0 Å². The summed E-state index contributed by atoms with van der Waals surface area (Å²) in [4.78, 5) is 13.6. The lowest BCUT2D eigenvalue weighted by Gasteiger charge is -2.14. The van der Waals surface area contributed by atoms with E-state index in [1.807, 2.05) is 43.3 Å². The van der Waals surface area contributed by atoms with E-state index >= 15 is 0 Å². The third-order valence-electron chi connectivity index (χ3n) is 3.20. The van der Waals surface area contributed by atoms with Gasteiger partial charge in [-0.15, -0.1) is 0 Å². The van der Waals surface area contributed by atoms with Gasteiger partial charge in [-0.2, -0.15) is 0 Å². The van der Waals surface area contributed by atoms with E-state index in [4.69, 9.17) is 4.74 Å². The number of nitrogens with one attached hydrogen (secondary N) is 2. The largest absolute Gasteiger partial charge is 0.445 e. The fourth-order valence-electron chi connectivity index (χ4n) is 2.03. The molecular weight excluding hydrogens is 242 g/mol. The van der Waals surface area contributed by atoms with Crippen molar-refractivity contribution in [2.24, 2.45) is 0 Å². The van der Waals surface area contributed by atoms with Crippen molar-refractivity contribution in [3.05, 3.63) is 29.8 Å². The summed E-state index contributed by atoms with van der Waals surface area (Å²) in [6, 6.07) is 8.16. The van der Waals surface area contributed by atoms with E-state index in [0.29, 0.717) is 6.61 Å². The molecule has 0 aromatic heterocycles. The van der Waals surface area contributed by atoms with E-state index in [1.54, 1.807) is 0 Å². The van der Waals surface area contributed by atoms with Gasteiger partial charge in [-0.1, -0.05) is 12.1 Å². The molecule has 1 fully saturated rings. The van der Waals surface area contributed by atoms with Gasteiger partial charge < -0.3 is 20.3 Å². The summed E-state index contributed by atoms with van der Waals surface area (Å²) in [6.07, 6.45) is 0.623. The Hall–Kier alpha value is -1.75. The maximum absolute atomic E-state index is 11.6. The van der Waals surface area contributed by atoms with Crippen molar-refractivity contribution in [1.29, 1.82) is 0 Å². The topological polar surface area (TPSA) is 53.6 Å². The summed E-state index contributed by atoms with van der Waals surface area (Å²) < 4.78 is 5.20. The summed E-state index contributed by atoms with van der Waals surface area (Å²) in [6.45, 7) is 2.09. The van der Waals surface area contributed by atoms with Crippen LogP contribution in [-0.2, 0) is 11.3 Å². The molecule has 0 aliphatic carbocycles. The average molecular weight is 263 g/mol. The molecule has 2 rings (SSSR count). The van der Waals surface area contributed by atoms with E-state index in [0.717, 1.165) is 30.8 Å². The minimum atomic E-state index is -0.342. The van der Waals surface area contributed by atoms with Crippen molar-refractivity contribution in [3.8, 4) is 0 Å². The Morgan fingerprint density at radius 2 is 2.16 bits per heavy atom. The van der Waals surface area contributed by atoms with Gasteiger partial charge in [0.05, 0.1) is 0 Å². The van der Waals surface area contributed by atoms with E-state index in [9.17, 15) is 4.79 Å². The van der Waals surface area contributed by atoms with Gasteiger partial charge in [0.25, 0.3) is 0 Å². The average Bonchev–Trinajstić information content (AvgIpc) is 2.89.